The molecule has 0 spiro atoms. The quantitative estimate of drug-likeness (QED) is 0.360. The molecule has 20 heavy (non-hydrogen) atoms. The van der Waals surface area contributed by atoms with Gasteiger partial charge in [0, 0.05) is 0 Å². The van der Waals surface area contributed by atoms with E-state index in [0.717, 1.165) is 0 Å². The number of hydrogen-bond acceptors (Lipinski definition) is 2. The van der Waals surface area contributed by atoms with E-state index >= 15 is 0 Å². The van der Waals surface area contributed by atoms with E-state index in [1.54, 1.807) is 23.7 Å². The average molecular weight is 383 g/mol. The van der Waals surface area contributed by atoms with Gasteiger partial charge in [-0.15, -0.1) is 0 Å². The Bertz CT molecular complexity index is 553. The van der Waals surface area contributed by atoms with Crippen LogP contribution in [0.5, 0.6) is 0 Å². The summed E-state index contributed by atoms with van der Waals surface area (Å²) in [6.07, 6.45) is 4.68. The van der Waals surface area contributed by atoms with Crippen LogP contribution in [-0.4, -0.2) is 25.9 Å². The molecular formula is C13H17N2O3PRh-2. The first-order chi connectivity index (χ1) is 9.29. The molecule has 0 aromatic carbocycles. The Labute approximate surface area is 129 Å². The molecule has 113 valence electrons. The third kappa shape index (κ3) is 6.12. The fraction of sp³-hybridized carbons (Fsp3) is 0.231. The molecule has 0 aliphatic carbocycles. The maximum absolute atomic E-state index is 11.4. The standard InChI is InChI=1S/C11H11NO3P.C2H6N.Rh/c1-4-5-8(2)10-6-7-12-9(3)11(10)16(13,14)15;1-2-3;/h1-2,4-7H,3H3,(H2,13,14,15);3H,2H2,1H3;/q2*-1;/b5-4-;;. The summed E-state index contributed by atoms with van der Waals surface area (Å²) in [5.41, 5.74) is 7.08. The Morgan fingerprint density at radius 3 is 2.60 bits per heavy atom. The molecule has 0 saturated heterocycles. The molecule has 0 bridgehead atoms. The second-order valence-corrected chi connectivity index (χ2v) is 5.70. The summed E-state index contributed by atoms with van der Waals surface area (Å²) in [5, 5.41) is -0.122. The Hall–Kier alpha value is -0.767. The predicted molar refractivity (Wildman–Crippen MR) is 78.4 cm³/mol. The van der Waals surface area contributed by atoms with Crippen LogP contribution in [0.4, 0.5) is 0 Å². The van der Waals surface area contributed by atoms with Crippen molar-refractivity contribution < 1.29 is 32.2 Å². The first-order valence-electron chi connectivity index (χ1n) is 5.66. The van der Waals surface area contributed by atoms with Gasteiger partial charge in [-0.05, 0) is 0 Å². The third-order valence-corrected chi connectivity index (χ3v) is 3.51. The van der Waals surface area contributed by atoms with E-state index in [-0.39, 0.29) is 16.6 Å². The Kier molecular flexibility index (Phi) is 8.87. The molecule has 0 aliphatic rings. The van der Waals surface area contributed by atoms with Crippen LogP contribution in [0.3, 0.4) is 0 Å². The number of hydrogen-bond donors (Lipinski definition) is 2. The second kappa shape index (κ2) is 9.22. The summed E-state index contributed by atoms with van der Waals surface area (Å²) < 4.78 is 13.1. The molecular weight excluding hydrogens is 366 g/mol. The normalized spacial score (nSPS) is 10.9. The van der Waals surface area contributed by atoms with Crippen LogP contribution in [0.2, 0.25) is 0 Å². The molecule has 0 saturated carbocycles. The first kappa shape index (κ1) is 19.2. The summed E-state index contributed by atoms with van der Waals surface area (Å²) in [6, 6.07) is 1.49. The van der Waals surface area contributed by atoms with Gasteiger partial charge in [0.05, 0.1) is 0 Å². The number of aromatic nitrogens is 1. The van der Waals surface area contributed by atoms with Gasteiger partial charge in [-0.2, -0.15) is 6.54 Å². The minimum absolute atomic E-state index is 0.122. The monoisotopic (exact) mass is 383 g/mol. The molecule has 0 amide bonds. The fourth-order valence-corrected chi connectivity index (χ4v) is 2.54. The number of rotatable bonds is 4. The number of aryl methyl sites for hydroxylation is 1. The summed E-state index contributed by atoms with van der Waals surface area (Å²) >= 11 is 2.56. The Morgan fingerprint density at radius 2 is 2.15 bits per heavy atom. The van der Waals surface area contributed by atoms with Gasteiger partial charge < -0.3 is 5.73 Å². The number of nitrogens with zero attached hydrogens (tertiary/aromatic N) is 1. The van der Waals surface area contributed by atoms with E-state index in [1.807, 2.05) is 0 Å². The minimum atomic E-state index is -4.39. The zero-order valence-electron chi connectivity index (χ0n) is 11.2. The molecule has 7 heteroatoms. The van der Waals surface area contributed by atoms with Crippen molar-refractivity contribution in [3.05, 3.63) is 48.0 Å². The van der Waals surface area contributed by atoms with Crippen LogP contribution in [-0.2, 0) is 22.4 Å². The van der Waals surface area contributed by atoms with Gasteiger partial charge in [-0.25, -0.2) is 0 Å². The van der Waals surface area contributed by atoms with Crippen molar-refractivity contribution in [1.29, 1.82) is 0 Å². The molecule has 3 N–H and O–H groups in total. The van der Waals surface area contributed by atoms with E-state index in [1.165, 1.54) is 19.2 Å². The molecule has 1 heterocycles. The SMILES string of the molecule is CC[NH-].[CH-]=C(/C=C\[CH]=[Rh])c1ccnc(C)c1P(=O)(O)O. The first-order valence-corrected chi connectivity index (χ1v) is 8.22. The molecule has 1 aromatic heterocycles. The van der Waals surface area contributed by atoms with Crippen LogP contribution < -0.4 is 5.30 Å². The molecule has 5 nitrogen and oxygen atoms in total. The van der Waals surface area contributed by atoms with Gasteiger partial charge in [-0.1, -0.05) is 6.92 Å². The predicted octanol–water partition coefficient (Wildman–Crippen LogP) is 1.97. The zero-order chi connectivity index (χ0) is 15.8. The number of pyridine rings is 1. The summed E-state index contributed by atoms with van der Waals surface area (Å²) in [6.45, 7) is 9.60. The summed E-state index contributed by atoms with van der Waals surface area (Å²) in [7, 11) is -4.39. The van der Waals surface area contributed by atoms with Gasteiger partial charge in [0.15, 0.2) is 0 Å². The van der Waals surface area contributed by atoms with Crippen molar-refractivity contribution in [3.8, 4) is 0 Å². The molecule has 1 rings (SSSR count). The van der Waals surface area contributed by atoms with Gasteiger partial charge in [0.25, 0.3) is 0 Å². The van der Waals surface area contributed by atoms with Gasteiger partial charge >= 0.3 is 109 Å². The van der Waals surface area contributed by atoms with Crippen molar-refractivity contribution >= 4 is 23.1 Å². The van der Waals surface area contributed by atoms with Crippen molar-refractivity contribution in [1.82, 2.24) is 4.98 Å². The van der Waals surface area contributed by atoms with Crippen molar-refractivity contribution in [2.75, 3.05) is 6.54 Å². The zero-order valence-corrected chi connectivity index (χ0v) is 13.7. The fourth-order valence-electron chi connectivity index (χ4n) is 1.38. The van der Waals surface area contributed by atoms with E-state index in [2.05, 4.69) is 22.8 Å². The van der Waals surface area contributed by atoms with Crippen molar-refractivity contribution in [2.24, 2.45) is 0 Å². The molecule has 1 aromatic rings. The molecule has 0 aliphatic heterocycles. The number of nitrogens with one attached hydrogen (secondary N) is 1. The van der Waals surface area contributed by atoms with Gasteiger partial charge in [0.1, 0.15) is 0 Å². The van der Waals surface area contributed by atoms with E-state index in [4.69, 9.17) is 12.3 Å². The second-order valence-electron chi connectivity index (χ2n) is 3.62. The van der Waals surface area contributed by atoms with Crippen molar-refractivity contribution in [3.63, 3.8) is 0 Å². The van der Waals surface area contributed by atoms with Crippen molar-refractivity contribution in [2.45, 2.75) is 13.8 Å². The third-order valence-electron chi connectivity index (χ3n) is 2.05. The van der Waals surface area contributed by atoms with Crippen LogP contribution in [0.25, 0.3) is 11.3 Å². The van der Waals surface area contributed by atoms with Crippen LogP contribution in [0.15, 0.2) is 24.4 Å². The molecule has 0 unspecified atom stereocenters. The molecule has 0 radical (unpaired) electrons. The van der Waals surface area contributed by atoms with Crippen LogP contribution in [0, 0.1) is 13.5 Å². The van der Waals surface area contributed by atoms with Gasteiger partial charge in [-0.3, -0.25) is 0 Å². The summed E-state index contributed by atoms with van der Waals surface area (Å²) in [5.74, 6) is 0. The van der Waals surface area contributed by atoms with Gasteiger partial charge in [0.2, 0.25) is 0 Å². The summed E-state index contributed by atoms with van der Waals surface area (Å²) in [4.78, 5) is 22.5. The van der Waals surface area contributed by atoms with E-state index in [9.17, 15) is 14.4 Å². The van der Waals surface area contributed by atoms with Crippen LogP contribution in [0.1, 0.15) is 18.2 Å². The molecule has 0 fully saturated rings. The Morgan fingerprint density at radius 1 is 1.60 bits per heavy atom. The van der Waals surface area contributed by atoms with Crippen LogP contribution >= 0.6 is 7.60 Å². The maximum atomic E-state index is 11.4. The molecule has 0 atom stereocenters. The van der Waals surface area contributed by atoms with E-state index in [0.29, 0.717) is 12.1 Å². The number of allylic oxidation sites excluding steroid dienone is 3. The topological polar surface area (TPSA) is 94.2 Å². The Balaban J connectivity index is 0.00000110. The average Bonchev–Trinajstić information content (AvgIpc) is 2.35. The van der Waals surface area contributed by atoms with E-state index < -0.39 is 7.60 Å².